The maximum Gasteiger partial charge on any atom is 0.303 e. The number of hydrogen-bond acceptors (Lipinski definition) is 4. The largest absolute Gasteiger partial charge is 0.481 e. The maximum absolute atomic E-state index is 12.1. The van der Waals surface area contributed by atoms with Gasteiger partial charge in [-0.25, -0.2) is 4.68 Å². The molecule has 0 radical (unpaired) electrons. The summed E-state index contributed by atoms with van der Waals surface area (Å²) in [6.45, 7) is 2.16. The molecule has 1 amide bonds. The van der Waals surface area contributed by atoms with Crippen LogP contribution in [0.25, 0.3) is 5.69 Å². The number of carboxylic acid groups (broad SMARTS) is 1. The number of carboxylic acids is 1. The van der Waals surface area contributed by atoms with Gasteiger partial charge in [-0.3, -0.25) is 14.6 Å². The molecule has 0 spiro atoms. The van der Waals surface area contributed by atoms with Crippen LogP contribution >= 0.6 is 11.6 Å². The number of nitrogens with zero attached hydrogens (tertiary/aromatic N) is 4. The summed E-state index contributed by atoms with van der Waals surface area (Å²) in [7, 11) is 0. The van der Waals surface area contributed by atoms with E-state index in [2.05, 4.69) is 10.1 Å². The van der Waals surface area contributed by atoms with Gasteiger partial charge in [0.15, 0.2) is 5.15 Å². The normalized spacial score (nSPS) is 10.5. The summed E-state index contributed by atoms with van der Waals surface area (Å²) in [5.41, 5.74) is 1.16. The van der Waals surface area contributed by atoms with Crippen LogP contribution in [0.3, 0.4) is 0 Å². The van der Waals surface area contributed by atoms with Gasteiger partial charge in [-0.05, 0) is 19.1 Å². The molecule has 2 aromatic heterocycles. The molecule has 0 bridgehead atoms. The highest BCUT2D eigenvalue weighted by molar-refractivity contribution is 6.32. The Morgan fingerprint density at radius 2 is 2.18 bits per heavy atom. The Labute approximate surface area is 132 Å². The van der Waals surface area contributed by atoms with Crippen LogP contribution < -0.4 is 4.90 Å². The summed E-state index contributed by atoms with van der Waals surface area (Å²) in [4.78, 5) is 28.1. The molecule has 22 heavy (non-hydrogen) atoms. The van der Waals surface area contributed by atoms with Crippen LogP contribution in [0.4, 0.5) is 5.69 Å². The van der Waals surface area contributed by atoms with Crippen LogP contribution in [-0.2, 0) is 9.59 Å². The van der Waals surface area contributed by atoms with E-state index < -0.39 is 5.97 Å². The minimum atomic E-state index is -1.01. The number of anilines is 1. The van der Waals surface area contributed by atoms with Crippen molar-refractivity contribution in [2.75, 3.05) is 11.4 Å². The van der Waals surface area contributed by atoms with Crippen LogP contribution in [-0.4, -0.2) is 38.3 Å². The summed E-state index contributed by atoms with van der Waals surface area (Å²) in [6, 6.07) is 3.57. The van der Waals surface area contributed by atoms with Gasteiger partial charge in [0, 0.05) is 19.2 Å². The van der Waals surface area contributed by atoms with Gasteiger partial charge < -0.3 is 10.0 Å². The van der Waals surface area contributed by atoms with E-state index in [0.29, 0.717) is 17.9 Å². The number of rotatable bonds is 6. The lowest BCUT2D eigenvalue weighted by molar-refractivity contribution is -0.138. The Balaban J connectivity index is 2.25. The lowest BCUT2D eigenvalue weighted by atomic mass is 10.2. The summed E-state index contributed by atoms with van der Waals surface area (Å²) in [5.74, 6) is -1.32. The van der Waals surface area contributed by atoms with Crippen LogP contribution in [0.15, 0.2) is 30.7 Å². The van der Waals surface area contributed by atoms with Crippen molar-refractivity contribution in [1.29, 1.82) is 0 Å². The van der Waals surface area contributed by atoms with Crippen LogP contribution in [0.5, 0.6) is 0 Å². The fourth-order valence-electron chi connectivity index (χ4n) is 1.98. The lowest BCUT2D eigenvalue weighted by Crippen LogP contribution is -2.30. The molecule has 0 unspecified atom stereocenters. The molecule has 2 aromatic rings. The number of aromatic nitrogens is 3. The van der Waals surface area contributed by atoms with E-state index in [0.717, 1.165) is 0 Å². The first-order chi connectivity index (χ1) is 10.5. The van der Waals surface area contributed by atoms with Gasteiger partial charge in [0.05, 0.1) is 24.5 Å². The summed E-state index contributed by atoms with van der Waals surface area (Å²) >= 11 is 6.11. The quantitative estimate of drug-likeness (QED) is 0.880. The minimum absolute atomic E-state index is 0.0857. The Hall–Kier alpha value is -2.41. The fourth-order valence-corrected chi connectivity index (χ4v) is 2.21. The molecule has 0 aliphatic carbocycles. The van der Waals surface area contributed by atoms with Crippen molar-refractivity contribution >= 4 is 29.2 Å². The van der Waals surface area contributed by atoms with Crippen molar-refractivity contribution in [3.8, 4) is 5.69 Å². The van der Waals surface area contributed by atoms with Gasteiger partial charge in [0.1, 0.15) is 5.69 Å². The third-order valence-corrected chi connectivity index (χ3v) is 3.29. The number of carbonyl (C=O) groups is 2. The second-order valence-electron chi connectivity index (χ2n) is 4.49. The zero-order valence-electron chi connectivity index (χ0n) is 11.9. The molecule has 0 aliphatic rings. The second kappa shape index (κ2) is 7.04. The zero-order valence-corrected chi connectivity index (χ0v) is 12.7. The standard InChI is InChI=1S/C14H15ClN4O3/c1-2-18(12(20)5-6-13(21)22)11-9-19(17-14(11)15)10-4-3-7-16-8-10/h3-4,7-9H,2,5-6H2,1H3,(H,21,22). The summed E-state index contributed by atoms with van der Waals surface area (Å²) < 4.78 is 1.53. The number of hydrogen-bond donors (Lipinski definition) is 1. The smallest absolute Gasteiger partial charge is 0.303 e. The monoisotopic (exact) mass is 322 g/mol. The molecule has 8 heteroatoms. The maximum atomic E-state index is 12.1. The highest BCUT2D eigenvalue weighted by Crippen LogP contribution is 2.26. The predicted molar refractivity (Wildman–Crippen MR) is 81.3 cm³/mol. The molecule has 0 aromatic carbocycles. The van der Waals surface area contributed by atoms with Crippen molar-refractivity contribution in [2.45, 2.75) is 19.8 Å². The molecular formula is C14H15ClN4O3. The van der Waals surface area contributed by atoms with E-state index in [1.54, 1.807) is 31.6 Å². The van der Waals surface area contributed by atoms with Gasteiger partial charge >= 0.3 is 5.97 Å². The number of amides is 1. The van der Waals surface area contributed by atoms with E-state index in [9.17, 15) is 9.59 Å². The zero-order chi connectivity index (χ0) is 16.1. The van der Waals surface area contributed by atoms with Gasteiger partial charge in [-0.15, -0.1) is 0 Å². The highest BCUT2D eigenvalue weighted by Gasteiger charge is 2.20. The van der Waals surface area contributed by atoms with Gasteiger partial charge in [0.25, 0.3) is 0 Å². The fraction of sp³-hybridized carbons (Fsp3) is 0.286. The Morgan fingerprint density at radius 3 is 2.77 bits per heavy atom. The Bertz CT molecular complexity index is 672. The first-order valence-electron chi connectivity index (χ1n) is 6.70. The average molecular weight is 323 g/mol. The van der Waals surface area contributed by atoms with Gasteiger partial charge in [-0.1, -0.05) is 11.6 Å². The third-order valence-electron chi connectivity index (χ3n) is 3.02. The van der Waals surface area contributed by atoms with Gasteiger partial charge in [0.2, 0.25) is 5.91 Å². The molecule has 0 saturated carbocycles. The molecule has 1 N–H and O–H groups in total. The molecule has 7 nitrogen and oxygen atoms in total. The SMILES string of the molecule is CCN(C(=O)CCC(=O)O)c1cn(-c2cccnc2)nc1Cl. The molecule has 0 atom stereocenters. The molecule has 0 saturated heterocycles. The molecule has 0 fully saturated rings. The topological polar surface area (TPSA) is 88.3 Å². The number of aliphatic carboxylic acids is 1. The van der Waals surface area contributed by atoms with Crippen molar-refractivity contribution in [2.24, 2.45) is 0 Å². The molecule has 116 valence electrons. The average Bonchev–Trinajstić information content (AvgIpc) is 2.89. The van der Waals surface area contributed by atoms with Crippen molar-refractivity contribution in [1.82, 2.24) is 14.8 Å². The number of carbonyl (C=O) groups excluding carboxylic acids is 1. The third kappa shape index (κ3) is 3.62. The molecule has 2 heterocycles. The molecular weight excluding hydrogens is 308 g/mol. The van der Waals surface area contributed by atoms with Crippen LogP contribution in [0, 0.1) is 0 Å². The lowest BCUT2D eigenvalue weighted by Gasteiger charge is -2.18. The van der Waals surface area contributed by atoms with Crippen LogP contribution in [0.1, 0.15) is 19.8 Å². The van der Waals surface area contributed by atoms with Crippen molar-refractivity contribution in [3.05, 3.63) is 35.9 Å². The summed E-state index contributed by atoms with van der Waals surface area (Å²) in [6.07, 6.45) is 4.59. The van der Waals surface area contributed by atoms with E-state index >= 15 is 0 Å². The molecule has 0 aliphatic heterocycles. The minimum Gasteiger partial charge on any atom is -0.481 e. The predicted octanol–water partition coefficient (Wildman–Crippen LogP) is 2.14. The Kier molecular flexibility index (Phi) is 5.11. The van der Waals surface area contributed by atoms with Crippen molar-refractivity contribution in [3.63, 3.8) is 0 Å². The van der Waals surface area contributed by atoms with E-state index in [-0.39, 0.29) is 23.9 Å². The first-order valence-corrected chi connectivity index (χ1v) is 7.08. The number of pyridine rings is 1. The van der Waals surface area contributed by atoms with Crippen molar-refractivity contribution < 1.29 is 14.7 Å². The number of halogens is 1. The highest BCUT2D eigenvalue weighted by atomic mass is 35.5. The first kappa shape index (κ1) is 16.0. The van der Waals surface area contributed by atoms with E-state index in [4.69, 9.17) is 16.7 Å². The van der Waals surface area contributed by atoms with Crippen LogP contribution in [0.2, 0.25) is 5.15 Å². The molecule has 2 rings (SSSR count). The summed E-state index contributed by atoms with van der Waals surface area (Å²) in [5, 5.41) is 13.0. The van der Waals surface area contributed by atoms with E-state index in [1.165, 1.54) is 9.58 Å². The second-order valence-corrected chi connectivity index (χ2v) is 4.85. The van der Waals surface area contributed by atoms with Gasteiger partial charge in [-0.2, -0.15) is 5.10 Å². The van der Waals surface area contributed by atoms with E-state index in [1.807, 2.05) is 6.07 Å². The Morgan fingerprint density at radius 1 is 1.41 bits per heavy atom.